The number of anilines is 1. The summed E-state index contributed by atoms with van der Waals surface area (Å²) in [5.74, 6) is 0.867. The number of nitrogens with one attached hydrogen (secondary N) is 1. The van der Waals surface area contributed by atoms with Gasteiger partial charge < -0.3 is 15.1 Å². The van der Waals surface area contributed by atoms with Crippen molar-refractivity contribution >= 4 is 11.7 Å². The number of pyridine rings is 1. The van der Waals surface area contributed by atoms with Gasteiger partial charge in [-0.3, -0.25) is 4.79 Å². The van der Waals surface area contributed by atoms with E-state index in [2.05, 4.69) is 29.2 Å². The molecule has 0 aliphatic carbocycles. The molecule has 0 unspecified atom stereocenters. The van der Waals surface area contributed by atoms with Crippen molar-refractivity contribution in [2.75, 3.05) is 39.0 Å². The molecule has 0 spiro atoms. The van der Waals surface area contributed by atoms with E-state index >= 15 is 0 Å². The Morgan fingerprint density at radius 3 is 2.86 bits per heavy atom. The minimum Gasteiger partial charge on any atom is -0.370 e. The van der Waals surface area contributed by atoms with E-state index in [4.69, 9.17) is 0 Å². The number of nitrogens with zero attached hydrogens (tertiary/aromatic N) is 3. The van der Waals surface area contributed by atoms with Gasteiger partial charge in [-0.05, 0) is 51.5 Å². The van der Waals surface area contributed by atoms with Gasteiger partial charge in [-0.15, -0.1) is 0 Å². The van der Waals surface area contributed by atoms with Gasteiger partial charge >= 0.3 is 0 Å². The Labute approximate surface area is 127 Å². The monoisotopic (exact) mass is 290 g/mol. The molecule has 1 fully saturated rings. The molecule has 0 radical (unpaired) electrons. The fourth-order valence-electron chi connectivity index (χ4n) is 2.67. The van der Waals surface area contributed by atoms with Crippen molar-refractivity contribution in [3.05, 3.63) is 23.9 Å². The number of piperidine rings is 1. The molecule has 0 aromatic carbocycles. The van der Waals surface area contributed by atoms with Crippen molar-refractivity contribution in [3.63, 3.8) is 0 Å². The minimum atomic E-state index is 0.0894. The summed E-state index contributed by atoms with van der Waals surface area (Å²) in [4.78, 5) is 21.1. The first-order chi connectivity index (χ1) is 10.1. The molecule has 0 saturated carbocycles. The maximum Gasteiger partial charge on any atom is 0.254 e. The summed E-state index contributed by atoms with van der Waals surface area (Å²) in [7, 11) is 4.05. The highest BCUT2D eigenvalue weighted by atomic mass is 16.2. The molecule has 1 saturated heterocycles. The molecule has 2 rings (SSSR count). The zero-order chi connectivity index (χ0) is 15.2. The van der Waals surface area contributed by atoms with Crippen molar-refractivity contribution in [2.45, 2.75) is 32.2 Å². The van der Waals surface area contributed by atoms with Gasteiger partial charge in [0.2, 0.25) is 0 Å². The fourth-order valence-corrected chi connectivity index (χ4v) is 2.67. The lowest BCUT2D eigenvalue weighted by Crippen LogP contribution is -2.44. The molecule has 21 heavy (non-hydrogen) atoms. The molecule has 1 aromatic rings. The summed E-state index contributed by atoms with van der Waals surface area (Å²) < 4.78 is 0. The van der Waals surface area contributed by atoms with Crippen LogP contribution in [0.15, 0.2) is 18.3 Å². The summed E-state index contributed by atoms with van der Waals surface area (Å²) in [5.41, 5.74) is 0.713. The number of carbonyl (C=O) groups is 1. The molecule has 0 atom stereocenters. The summed E-state index contributed by atoms with van der Waals surface area (Å²) in [6, 6.07) is 3.99. The van der Waals surface area contributed by atoms with Gasteiger partial charge in [0.05, 0.1) is 0 Å². The van der Waals surface area contributed by atoms with Crippen LogP contribution in [0, 0.1) is 0 Å². The normalized spacial score (nSPS) is 16.7. The van der Waals surface area contributed by atoms with E-state index < -0.39 is 0 Å². The Balaban J connectivity index is 2.01. The average Bonchev–Trinajstić information content (AvgIpc) is 2.52. The molecule has 1 aliphatic rings. The maximum absolute atomic E-state index is 12.6. The van der Waals surface area contributed by atoms with Crippen molar-refractivity contribution < 1.29 is 4.79 Å². The third kappa shape index (κ3) is 4.17. The summed E-state index contributed by atoms with van der Waals surface area (Å²) in [5, 5.41) is 3.23. The van der Waals surface area contributed by atoms with Gasteiger partial charge in [0, 0.05) is 31.4 Å². The first-order valence-electron chi connectivity index (χ1n) is 7.77. The smallest absolute Gasteiger partial charge is 0.254 e. The molecule has 1 aromatic heterocycles. The molecule has 1 amide bonds. The van der Waals surface area contributed by atoms with Crippen molar-refractivity contribution in [3.8, 4) is 0 Å². The van der Waals surface area contributed by atoms with Crippen LogP contribution < -0.4 is 5.32 Å². The number of rotatable bonds is 5. The topological polar surface area (TPSA) is 48.5 Å². The van der Waals surface area contributed by atoms with E-state index in [9.17, 15) is 4.79 Å². The zero-order valence-electron chi connectivity index (χ0n) is 13.3. The largest absolute Gasteiger partial charge is 0.370 e. The molecule has 5 nitrogen and oxygen atoms in total. The zero-order valence-corrected chi connectivity index (χ0v) is 13.3. The lowest BCUT2D eigenvalue weighted by Gasteiger charge is -2.35. The van der Waals surface area contributed by atoms with Crippen LogP contribution in [0.3, 0.4) is 0 Å². The molecule has 5 heteroatoms. The van der Waals surface area contributed by atoms with Crippen LogP contribution in [-0.4, -0.2) is 60.5 Å². The lowest BCUT2D eigenvalue weighted by molar-refractivity contribution is 0.0659. The Morgan fingerprint density at radius 2 is 2.19 bits per heavy atom. The Bertz CT molecular complexity index is 469. The lowest BCUT2D eigenvalue weighted by atomic mass is 10.0. The van der Waals surface area contributed by atoms with Crippen LogP contribution in [0.4, 0.5) is 5.82 Å². The predicted octanol–water partition coefficient (Wildman–Crippen LogP) is 2.07. The van der Waals surface area contributed by atoms with Crippen molar-refractivity contribution in [1.29, 1.82) is 0 Å². The van der Waals surface area contributed by atoms with Crippen LogP contribution >= 0.6 is 0 Å². The van der Waals surface area contributed by atoms with Crippen LogP contribution in [0.25, 0.3) is 0 Å². The second-order valence-electron chi connectivity index (χ2n) is 5.81. The van der Waals surface area contributed by atoms with Crippen LogP contribution in [0.1, 0.15) is 36.5 Å². The number of aromatic nitrogens is 1. The van der Waals surface area contributed by atoms with E-state index in [1.807, 2.05) is 18.0 Å². The number of likely N-dealkylation sites (tertiary alicyclic amines) is 1. The number of amides is 1. The highest BCUT2D eigenvalue weighted by Crippen LogP contribution is 2.17. The van der Waals surface area contributed by atoms with E-state index in [1.165, 1.54) is 0 Å². The van der Waals surface area contributed by atoms with Gasteiger partial charge in [-0.25, -0.2) is 4.98 Å². The third-order valence-corrected chi connectivity index (χ3v) is 4.12. The minimum absolute atomic E-state index is 0.0894. The molecule has 1 N–H and O–H groups in total. The van der Waals surface area contributed by atoms with Crippen LogP contribution in [-0.2, 0) is 0 Å². The van der Waals surface area contributed by atoms with E-state index in [0.717, 1.165) is 44.7 Å². The first kappa shape index (κ1) is 15.8. The standard InChI is InChI=1S/C16H26N4O/c1-4-8-17-15-12-13(5-9-18-15)16(21)20(3)14-6-10-19(2)11-7-14/h5,9,12,14H,4,6-8,10-11H2,1-3H3,(H,17,18). The molecule has 0 bridgehead atoms. The SMILES string of the molecule is CCCNc1cc(C(=O)N(C)C2CCN(C)CC2)ccn1. The summed E-state index contributed by atoms with van der Waals surface area (Å²) in [6.07, 6.45) is 4.83. The van der Waals surface area contributed by atoms with Crippen molar-refractivity contribution in [2.24, 2.45) is 0 Å². The van der Waals surface area contributed by atoms with Gasteiger partial charge in [-0.1, -0.05) is 6.92 Å². The van der Waals surface area contributed by atoms with Gasteiger partial charge in [0.25, 0.3) is 5.91 Å². The number of hydrogen-bond acceptors (Lipinski definition) is 4. The maximum atomic E-state index is 12.6. The summed E-state index contributed by atoms with van der Waals surface area (Å²) >= 11 is 0. The predicted molar refractivity (Wildman–Crippen MR) is 85.6 cm³/mol. The molecule has 2 heterocycles. The van der Waals surface area contributed by atoms with E-state index in [0.29, 0.717) is 11.6 Å². The molecule has 116 valence electrons. The van der Waals surface area contributed by atoms with Crippen molar-refractivity contribution in [1.82, 2.24) is 14.8 Å². The summed E-state index contributed by atoms with van der Waals surface area (Å²) in [6.45, 7) is 5.09. The highest BCUT2D eigenvalue weighted by Gasteiger charge is 2.24. The Hall–Kier alpha value is -1.62. The molecular weight excluding hydrogens is 264 g/mol. The first-order valence-corrected chi connectivity index (χ1v) is 7.77. The van der Waals surface area contributed by atoms with Gasteiger partial charge in [0.1, 0.15) is 5.82 Å². The number of hydrogen-bond donors (Lipinski definition) is 1. The second kappa shape index (κ2) is 7.41. The second-order valence-corrected chi connectivity index (χ2v) is 5.81. The Morgan fingerprint density at radius 1 is 1.48 bits per heavy atom. The van der Waals surface area contributed by atoms with Gasteiger partial charge in [0.15, 0.2) is 0 Å². The highest BCUT2D eigenvalue weighted by molar-refractivity contribution is 5.94. The fraction of sp³-hybridized carbons (Fsp3) is 0.625. The Kier molecular flexibility index (Phi) is 5.56. The average molecular weight is 290 g/mol. The molecule has 1 aliphatic heterocycles. The van der Waals surface area contributed by atoms with Crippen LogP contribution in [0.5, 0.6) is 0 Å². The van der Waals surface area contributed by atoms with E-state index in [-0.39, 0.29) is 5.91 Å². The number of carbonyl (C=O) groups excluding carboxylic acids is 1. The third-order valence-electron chi connectivity index (χ3n) is 4.12. The molecular formula is C16H26N4O. The van der Waals surface area contributed by atoms with E-state index in [1.54, 1.807) is 12.3 Å². The quantitative estimate of drug-likeness (QED) is 0.902. The van der Waals surface area contributed by atoms with Gasteiger partial charge in [-0.2, -0.15) is 0 Å². The van der Waals surface area contributed by atoms with Crippen LogP contribution in [0.2, 0.25) is 0 Å².